The highest BCUT2D eigenvalue weighted by atomic mass is 16.3. The first kappa shape index (κ1) is 16.9. The van der Waals surface area contributed by atoms with Crippen LogP contribution >= 0.6 is 0 Å². The van der Waals surface area contributed by atoms with E-state index >= 15 is 0 Å². The van der Waals surface area contributed by atoms with Crippen molar-refractivity contribution in [2.45, 2.75) is 13.3 Å². The molecule has 0 aliphatic heterocycles. The number of carbonyl (C=O) groups is 2. The van der Waals surface area contributed by atoms with E-state index in [0.717, 1.165) is 12.1 Å². The highest BCUT2D eigenvalue weighted by molar-refractivity contribution is 5.99. The fourth-order valence-electron chi connectivity index (χ4n) is 2.22. The molecule has 6 N–H and O–H groups in total. The number of hydrogen-bond donors (Lipinski definition) is 6. The lowest BCUT2D eigenvalue weighted by Crippen LogP contribution is -2.42. The Kier molecular flexibility index (Phi) is 4.78. The van der Waals surface area contributed by atoms with E-state index in [9.17, 15) is 30.0 Å². The van der Waals surface area contributed by atoms with Crippen LogP contribution in [-0.2, 0) is 11.2 Å². The average Bonchev–Trinajstić information content (AvgIpc) is 2.42. The van der Waals surface area contributed by atoms with Crippen molar-refractivity contribution < 1.29 is 30.0 Å². The van der Waals surface area contributed by atoms with Gasteiger partial charge in [-0.25, -0.2) is 0 Å². The summed E-state index contributed by atoms with van der Waals surface area (Å²) in [6, 6.07) is 6.04. The summed E-state index contributed by atoms with van der Waals surface area (Å²) in [4.78, 5) is 23.8. The summed E-state index contributed by atoms with van der Waals surface area (Å²) in [6.07, 6.45) is -0.192. The van der Waals surface area contributed by atoms with Crippen LogP contribution in [0.1, 0.15) is 21.5 Å². The molecule has 24 heavy (non-hydrogen) atoms. The number of amides is 2. The molecule has 0 aliphatic rings. The first-order valence-corrected chi connectivity index (χ1v) is 6.90. The van der Waals surface area contributed by atoms with Gasteiger partial charge in [0.05, 0.1) is 12.0 Å². The molecule has 2 aromatic carbocycles. The van der Waals surface area contributed by atoms with Crippen molar-refractivity contribution in [1.29, 1.82) is 0 Å². The Labute approximate surface area is 137 Å². The van der Waals surface area contributed by atoms with Gasteiger partial charge < -0.3 is 20.4 Å². The zero-order valence-corrected chi connectivity index (χ0v) is 12.7. The minimum Gasteiger partial charge on any atom is -0.508 e. The zero-order valence-electron chi connectivity index (χ0n) is 12.7. The number of phenolic OH excluding ortho intramolecular Hbond substituents is 4. The summed E-state index contributed by atoms with van der Waals surface area (Å²) < 4.78 is 0. The second-order valence-electron chi connectivity index (χ2n) is 5.19. The van der Waals surface area contributed by atoms with Gasteiger partial charge in [0.2, 0.25) is 5.91 Å². The molecule has 2 amide bonds. The Balaban J connectivity index is 2.00. The van der Waals surface area contributed by atoms with Crippen LogP contribution in [0.5, 0.6) is 23.0 Å². The van der Waals surface area contributed by atoms with Crippen LogP contribution in [0, 0.1) is 6.92 Å². The topological polar surface area (TPSA) is 139 Å². The molecule has 0 aromatic heterocycles. The highest BCUT2D eigenvalue weighted by Crippen LogP contribution is 2.26. The maximum Gasteiger partial charge on any atom is 0.273 e. The molecule has 8 heteroatoms. The summed E-state index contributed by atoms with van der Waals surface area (Å²) >= 11 is 0. The van der Waals surface area contributed by atoms with Gasteiger partial charge in [0, 0.05) is 12.1 Å². The molecule has 2 rings (SSSR count). The third kappa shape index (κ3) is 4.07. The van der Waals surface area contributed by atoms with Crippen LogP contribution in [0.3, 0.4) is 0 Å². The smallest absolute Gasteiger partial charge is 0.273 e. The summed E-state index contributed by atoms with van der Waals surface area (Å²) in [5.41, 5.74) is 4.91. The number of phenols is 4. The maximum absolute atomic E-state index is 12.0. The first-order valence-electron chi connectivity index (χ1n) is 6.90. The van der Waals surface area contributed by atoms with Crippen molar-refractivity contribution in [2.24, 2.45) is 0 Å². The summed E-state index contributed by atoms with van der Waals surface area (Å²) in [5.74, 6) is -2.33. The van der Waals surface area contributed by atoms with E-state index in [0.29, 0.717) is 11.1 Å². The van der Waals surface area contributed by atoms with Crippen molar-refractivity contribution in [3.05, 3.63) is 47.0 Å². The predicted octanol–water partition coefficient (Wildman–Crippen LogP) is 0.821. The van der Waals surface area contributed by atoms with Gasteiger partial charge in [-0.05, 0) is 36.2 Å². The number of nitrogens with one attached hydrogen (secondary N) is 2. The Morgan fingerprint density at radius 1 is 0.875 bits per heavy atom. The number of carbonyl (C=O) groups excluding carboxylic acids is 2. The Hall–Kier alpha value is -3.42. The number of hydrogen-bond acceptors (Lipinski definition) is 6. The van der Waals surface area contributed by atoms with Crippen molar-refractivity contribution in [2.75, 3.05) is 0 Å². The molecular weight excluding hydrogens is 316 g/mol. The summed E-state index contributed by atoms with van der Waals surface area (Å²) in [7, 11) is 0. The van der Waals surface area contributed by atoms with Crippen molar-refractivity contribution in [1.82, 2.24) is 10.9 Å². The zero-order chi connectivity index (χ0) is 17.9. The highest BCUT2D eigenvalue weighted by Gasteiger charge is 2.16. The average molecular weight is 332 g/mol. The van der Waals surface area contributed by atoms with E-state index in [1.54, 1.807) is 0 Å². The van der Waals surface area contributed by atoms with E-state index < -0.39 is 17.6 Å². The van der Waals surface area contributed by atoms with E-state index in [4.69, 9.17) is 0 Å². The van der Waals surface area contributed by atoms with Crippen LogP contribution in [-0.4, -0.2) is 32.2 Å². The van der Waals surface area contributed by atoms with Gasteiger partial charge in [-0.3, -0.25) is 20.4 Å². The first-order chi connectivity index (χ1) is 11.3. The maximum atomic E-state index is 12.0. The second-order valence-corrected chi connectivity index (χ2v) is 5.19. The van der Waals surface area contributed by atoms with E-state index in [1.807, 2.05) is 0 Å². The third-order valence-corrected chi connectivity index (χ3v) is 3.17. The molecule has 0 heterocycles. The van der Waals surface area contributed by atoms with Crippen molar-refractivity contribution in [3.63, 3.8) is 0 Å². The molecule has 2 aromatic rings. The summed E-state index contributed by atoms with van der Waals surface area (Å²) in [6.45, 7) is 1.52. The molecule has 0 saturated heterocycles. The molecular formula is C16H16N2O6. The number of rotatable bonds is 3. The molecule has 0 atom stereocenters. The van der Waals surface area contributed by atoms with Crippen LogP contribution in [0.15, 0.2) is 30.3 Å². The van der Waals surface area contributed by atoms with Gasteiger partial charge in [-0.2, -0.15) is 0 Å². The molecule has 8 nitrogen and oxygen atoms in total. The van der Waals surface area contributed by atoms with Gasteiger partial charge in [0.1, 0.15) is 23.0 Å². The lowest BCUT2D eigenvalue weighted by molar-refractivity contribution is -0.121. The van der Waals surface area contributed by atoms with Gasteiger partial charge in [-0.15, -0.1) is 0 Å². The molecule has 0 unspecified atom stereocenters. The van der Waals surface area contributed by atoms with Crippen LogP contribution in [0.2, 0.25) is 0 Å². The van der Waals surface area contributed by atoms with E-state index in [1.165, 1.54) is 25.1 Å². The Morgan fingerprint density at radius 2 is 1.46 bits per heavy atom. The van der Waals surface area contributed by atoms with Crippen LogP contribution in [0.25, 0.3) is 0 Å². The van der Waals surface area contributed by atoms with Crippen LogP contribution in [0.4, 0.5) is 0 Å². The molecule has 0 fully saturated rings. The molecule has 0 aliphatic carbocycles. The van der Waals surface area contributed by atoms with E-state index in [2.05, 4.69) is 10.9 Å². The number of benzene rings is 2. The number of aromatic hydroxyl groups is 4. The SMILES string of the molecule is Cc1cc(O)cc(O)c1C(=O)NNC(=O)Cc1cc(O)cc(O)c1. The monoisotopic (exact) mass is 332 g/mol. The fraction of sp³-hybridized carbons (Fsp3) is 0.125. The molecule has 0 radical (unpaired) electrons. The van der Waals surface area contributed by atoms with Gasteiger partial charge in [-0.1, -0.05) is 0 Å². The third-order valence-electron chi connectivity index (χ3n) is 3.17. The predicted molar refractivity (Wildman–Crippen MR) is 83.6 cm³/mol. The number of aryl methyl sites for hydroxylation is 1. The van der Waals surface area contributed by atoms with Gasteiger partial charge >= 0.3 is 0 Å². The molecule has 0 bridgehead atoms. The van der Waals surface area contributed by atoms with E-state index in [-0.39, 0.29) is 29.2 Å². The Bertz CT molecular complexity index is 760. The molecule has 0 spiro atoms. The standard InChI is InChI=1S/C16H16N2O6/c1-8-2-10(19)7-13(22)15(8)16(24)18-17-14(23)5-9-3-11(20)6-12(21)4-9/h2-4,6-7,19-22H,5H2,1H3,(H,17,23)(H,18,24). The molecule has 0 saturated carbocycles. The number of hydrazine groups is 1. The lowest BCUT2D eigenvalue weighted by Gasteiger charge is -2.11. The quantitative estimate of drug-likeness (QED) is 0.460. The van der Waals surface area contributed by atoms with Crippen molar-refractivity contribution >= 4 is 11.8 Å². The lowest BCUT2D eigenvalue weighted by atomic mass is 10.1. The largest absolute Gasteiger partial charge is 0.508 e. The van der Waals surface area contributed by atoms with Crippen molar-refractivity contribution in [3.8, 4) is 23.0 Å². The fourth-order valence-corrected chi connectivity index (χ4v) is 2.22. The van der Waals surface area contributed by atoms with Gasteiger partial charge in [0.15, 0.2) is 0 Å². The van der Waals surface area contributed by atoms with Crippen LogP contribution < -0.4 is 10.9 Å². The normalized spacial score (nSPS) is 10.2. The summed E-state index contributed by atoms with van der Waals surface area (Å²) in [5, 5.41) is 37.7. The minimum absolute atomic E-state index is 0.0805. The molecule has 126 valence electrons. The Morgan fingerprint density at radius 3 is 2.04 bits per heavy atom. The van der Waals surface area contributed by atoms with Gasteiger partial charge in [0.25, 0.3) is 5.91 Å². The minimum atomic E-state index is -0.753. The second kappa shape index (κ2) is 6.78.